The van der Waals surface area contributed by atoms with Gasteiger partial charge in [-0.2, -0.15) is 0 Å². The van der Waals surface area contributed by atoms with Gasteiger partial charge in [0, 0.05) is 16.6 Å². The number of hydrogen-bond donors (Lipinski definition) is 1. The van der Waals surface area contributed by atoms with Crippen LogP contribution in [0.15, 0.2) is 36.4 Å². The van der Waals surface area contributed by atoms with Gasteiger partial charge in [-0.25, -0.2) is 0 Å². The van der Waals surface area contributed by atoms with Gasteiger partial charge in [0.25, 0.3) is 0 Å². The van der Waals surface area contributed by atoms with E-state index in [-0.39, 0.29) is 17.7 Å². The maximum atomic E-state index is 12.5. The van der Waals surface area contributed by atoms with Crippen molar-refractivity contribution in [3.05, 3.63) is 52.5 Å². The normalized spacial score (nSPS) is 21.2. The van der Waals surface area contributed by atoms with E-state index in [1.807, 2.05) is 43.3 Å². The molecule has 5 heteroatoms. The number of nitrogens with one attached hydrogen (secondary N) is 1. The van der Waals surface area contributed by atoms with Gasteiger partial charge >= 0.3 is 0 Å². The monoisotopic (exact) mass is 343 g/mol. The van der Waals surface area contributed by atoms with Crippen molar-refractivity contribution in [1.29, 1.82) is 0 Å². The van der Waals surface area contributed by atoms with Crippen LogP contribution in [0.3, 0.4) is 0 Å². The zero-order chi connectivity index (χ0) is 16.7. The molecule has 4 nitrogen and oxygen atoms in total. The van der Waals surface area contributed by atoms with Gasteiger partial charge in [-0.3, -0.25) is 4.79 Å². The van der Waals surface area contributed by atoms with Crippen LogP contribution in [0.1, 0.15) is 23.5 Å². The largest absolute Gasteiger partial charge is 0.486 e. The van der Waals surface area contributed by atoms with Gasteiger partial charge in [-0.1, -0.05) is 23.7 Å². The van der Waals surface area contributed by atoms with E-state index in [1.54, 1.807) is 0 Å². The molecule has 1 aliphatic carbocycles. The molecule has 0 bridgehead atoms. The average molecular weight is 344 g/mol. The highest BCUT2D eigenvalue weighted by atomic mass is 35.5. The molecule has 0 saturated heterocycles. The molecule has 0 radical (unpaired) electrons. The third-order valence-electron chi connectivity index (χ3n) is 4.65. The Bertz CT molecular complexity index is 805. The molecule has 124 valence electrons. The minimum Gasteiger partial charge on any atom is -0.486 e. The van der Waals surface area contributed by atoms with Crippen molar-refractivity contribution in [3.63, 3.8) is 0 Å². The van der Waals surface area contributed by atoms with Crippen molar-refractivity contribution >= 4 is 23.2 Å². The summed E-state index contributed by atoms with van der Waals surface area (Å²) in [5, 5.41) is 3.65. The molecular weight excluding hydrogens is 326 g/mol. The van der Waals surface area contributed by atoms with Gasteiger partial charge in [0.15, 0.2) is 11.5 Å². The van der Waals surface area contributed by atoms with Crippen LogP contribution in [0.2, 0.25) is 5.02 Å². The number of amides is 1. The fraction of sp³-hybridized carbons (Fsp3) is 0.316. The van der Waals surface area contributed by atoms with E-state index in [4.69, 9.17) is 21.1 Å². The van der Waals surface area contributed by atoms with Crippen molar-refractivity contribution < 1.29 is 14.3 Å². The highest BCUT2D eigenvalue weighted by Crippen LogP contribution is 2.49. The Morgan fingerprint density at radius 2 is 1.96 bits per heavy atom. The summed E-state index contributed by atoms with van der Waals surface area (Å²) in [4.78, 5) is 12.5. The molecule has 1 aliphatic heterocycles. The SMILES string of the molecule is Cc1c(Cl)cccc1NC(=O)C1CC1c1ccc2c(c1)OCCO2. The second kappa shape index (κ2) is 6.02. The van der Waals surface area contributed by atoms with Crippen molar-refractivity contribution in [2.75, 3.05) is 18.5 Å². The van der Waals surface area contributed by atoms with Crippen molar-refractivity contribution in [2.24, 2.45) is 5.92 Å². The highest BCUT2D eigenvalue weighted by molar-refractivity contribution is 6.31. The number of halogens is 1. The third-order valence-corrected chi connectivity index (χ3v) is 5.06. The highest BCUT2D eigenvalue weighted by Gasteiger charge is 2.44. The lowest BCUT2D eigenvalue weighted by atomic mass is 10.1. The molecule has 0 spiro atoms. The second-order valence-corrected chi connectivity index (χ2v) is 6.66. The molecule has 2 aromatic carbocycles. The van der Waals surface area contributed by atoms with Crippen LogP contribution in [-0.4, -0.2) is 19.1 Å². The van der Waals surface area contributed by atoms with Crippen LogP contribution in [0.4, 0.5) is 5.69 Å². The van der Waals surface area contributed by atoms with E-state index >= 15 is 0 Å². The summed E-state index contributed by atoms with van der Waals surface area (Å²) in [6.07, 6.45) is 0.852. The molecule has 0 aromatic heterocycles. The van der Waals surface area contributed by atoms with E-state index in [9.17, 15) is 4.79 Å². The third kappa shape index (κ3) is 2.82. The van der Waals surface area contributed by atoms with Gasteiger partial charge < -0.3 is 14.8 Å². The first kappa shape index (κ1) is 15.3. The molecule has 1 N–H and O–H groups in total. The fourth-order valence-corrected chi connectivity index (χ4v) is 3.29. The standard InChI is InChI=1S/C19H18ClNO3/c1-11-15(20)3-2-4-16(11)21-19(22)14-10-13(14)12-5-6-17-18(9-12)24-8-7-23-17/h2-6,9,13-14H,7-8,10H2,1H3,(H,21,22). The first-order valence-electron chi connectivity index (χ1n) is 8.09. The summed E-state index contributed by atoms with van der Waals surface area (Å²) in [6, 6.07) is 11.5. The maximum absolute atomic E-state index is 12.5. The molecule has 1 saturated carbocycles. The summed E-state index contributed by atoms with van der Waals surface area (Å²) < 4.78 is 11.2. The predicted molar refractivity (Wildman–Crippen MR) is 93.1 cm³/mol. The number of benzene rings is 2. The van der Waals surface area contributed by atoms with Gasteiger partial charge in [0.2, 0.25) is 5.91 Å². The predicted octanol–water partition coefficient (Wildman–Crippen LogP) is 4.16. The molecule has 1 fully saturated rings. The molecular formula is C19H18ClNO3. The minimum atomic E-state index is -0.00839. The zero-order valence-electron chi connectivity index (χ0n) is 13.3. The summed E-state index contributed by atoms with van der Waals surface area (Å²) in [6.45, 7) is 3.06. The molecule has 4 rings (SSSR count). The lowest BCUT2D eigenvalue weighted by molar-refractivity contribution is -0.117. The van der Waals surface area contributed by atoms with Gasteiger partial charge in [-0.05, 0) is 54.7 Å². The maximum Gasteiger partial charge on any atom is 0.228 e. The number of hydrogen-bond acceptors (Lipinski definition) is 3. The van der Waals surface area contributed by atoms with Crippen molar-refractivity contribution in [1.82, 2.24) is 0 Å². The van der Waals surface area contributed by atoms with Crippen molar-refractivity contribution in [3.8, 4) is 11.5 Å². The Balaban J connectivity index is 1.46. The summed E-state index contributed by atoms with van der Waals surface area (Å²) >= 11 is 6.11. The van der Waals surface area contributed by atoms with Gasteiger partial charge in [0.05, 0.1) is 0 Å². The summed E-state index contributed by atoms with van der Waals surface area (Å²) in [7, 11) is 0. The molecule has 1 amide bonds. The number of fused-ring (bicyclic) bond motifs is 1. The van der Waals surface area contributed by atoms with E-state index in [2.05, 4.69) is 5.32 Å². The van der Waals surface area contributed by atoms with E-state index in [0.29, 0.717) is 18.2 Å². The average Bonchev–Trinajstić information content (AvgIpc) is 3.39. The Hall–Kier alpha value is -2.20. The smallest absolute Gasteiger partial charge is 0.228 e. The summed E-state index contributed by atoms with van der Waals surface area (Å²) in [5.74, 6) is 1.82. The summed E-state index contributed by atoms with van der Waals surface area (Å²) in [5.41, 5.74) is 2.80. The van der Waals surface area contributed by atoms with E-state index in [0.717, 1.165) is 34.7 Å². The Morgan fingerprint density at radius 1 is 1.17 bits per heavy atom. The van der Waals surface area contributed by atoms with Gasteiger partial charge in [-0.15, -0.1) is 0 Å². The van der Waals surface area contributed by atoms with Crippen LogP contribution < -0.4 is 14.8 Å². The Morgan fingerprint density at radius 3 is 2.79 bits per heavy atom. The van der Waals surface area contributed by atoms with E-state index < -0.39 is 0 Å². The Kier molecular flexibility index (Phi) is 3.85. The quantitative estimate of drug-likeness (QED) is 0.910. The van der Waals surface area contributed by atoms with Crippen LogP contribution in [0, 0.1) is 12.8 Å². The lowest BCUT2D eigenvalue weighted by Gasteiger charge is -2.18. The first-order chi connectivity index (χ1) is 11.6. The lowest BCUT2D eigenvalue weighted by Crippen LogP contribution is -2.16. The Labute approximate surface area is 145 Å². The molecule has 1 heterocycles. The van der Waals surface area contributed by atoms with Crippen LogP contribution >= 0.6 is 11.6 Å². The first-order valence-corrected chi connectivity index (χ1v) is 8.47. The van der Waals surface area contributed by atoms with Gasteiger partial charge in [0.1, 0.15) is 13.2 Å². The molecule has 2 unspecified atom stereocenters. The van der Waals surface area contributed by atoms with E-state index in [1.165, 1.54) is 0 Å². The number of carbonyl (C=O) groups is 1. The van der Waals surface area contributed by atoms with Crippen LogP contribution in [-0.2, 0) is 4.79 Å². The number of rotatable bonds is 3. The second-order valence-electron chi connectivity index (χ2n) is 6.25. The number of anilines is 1. The number of carbonyl (C=O) groups excluding carboxylic acids is 1. The van der Waals surface area contributed by atoms with Crippen LogP contribution in [0.25, 0.3) is 0 Å². The number of ether oxygens (including phenoxy) is 2. The minimum absolute atomic E-state index is 0.00839. The molecule has 24 heavy (non-hydrogen) atoms. The molecule has 2 atom stereocenters. The molecule has 2 aromatic rings. The molecule has 2 aliphatic rings. The topological polar surface area (TPSA) is 47.6 Å². The zero-order valence-corrected chi connectivity index (χ0v) is 14.1. The van der Waals surface area contributed by atoms with Crippen molar-refractivity contribution in [2.45, 2.75) is 19.3 Å². The van der Waals surface area contributed by atoms with Crippen LogP contribution in [0.5, 0.6) is 11.5 Å². The fourth-order valence-electron chi connectivity index (χ4n) is 3.11.